The number of hydrogen-bond acceptors (Lipinski definition) is 1. The monoisotopic (exact) mass is 486 g/mol. The molecule has 0 bridgehead atoms. The second kappa shape index (κ2) is 11.7. The van der Waals surface area contributed by atoms with Gasteiger partial charge in [-0.25, -0.2) is 13.2 Å². The van der Waals surface area contributed by atoms with Crippen molar-refractivity contribution < 1.29 is 22.6 Å². The Morgan fingerprint density at radius 1 is 0.829 bits per heavy atom. The van der Waals surface area contributed by atoms with Crippen molar-refractivity contribution in [3.8, 4) is 16.9 Å². The van der Waals surface area contributed by atoms with E-state index in [1.807, 2.05) is 0 Å². The van der Waals surface area contributed by atoms with Gasteiger partial charge >= 0.3 is 0 Å². The lowest BCUT2D eigenvalue weighted by Crippen LogP contribution is -2.33. The first-order valence-corrected chi connectivity index (χ1v) is 12.3. The van der Waals surface area contributed by atoms with Gasteiger partial charge < -0.3 is 4.74 Å². The molecule has 1 fully saturated rings. The van der Waals surface area contributed by atoms with Crippen molar-refractivity contribution in [2.75, 3.05) is 7.11 Å². The summed E-state index contributed by atoms with van der Waals surface area (Å²) in [6.07, 6.45) is 4.69. The molecule has 0 unspecified atom stereocenters. The molecule has 0 amide bonds. The van der Waals surface area contributed by atoms with E-state index in [0.29, 0.717) is 29.9 Å². The molecule has 1 saturated carbocycles. The van der Waals surface area contributed by atoms with Crippen LogP contribution in [-0.2, 0) is 12.8 Å². The molecule has 0 saturated heterocycles. The topological polar surface area (TPSA) is 9.23 Å². The highest BCUT2D eigenvalue weighted by Crippen LogP contribution is 2.43. The largest absolute Gasteiger partial charge is 0.494 e. The third kappa shape index (κ3) is 6.45. The second-order valence-corrected chi connectivity index (χ2v) is 9.52. The number of methoxy groups -OCH3 is 1. The Hall–Kier alpha value is -2.82. The molecule has 3 aromatic rings. The van der Waals surface area contributed by atoms with Crippen LogP contribution in [0.15, 0.2) is 66.7 Å². The van der Waals surface area contributed by atoms with Crippen LogP contribution in [0.3, 0.4) is 0 Å². The minimum Gasteiger partial charge on any atom is -0.494 e. The van der Waals surface area contributed by atoms with Gasteiger partial charge in [-0.3, -0.25) is 4.70 Å². The molecular formula is C30H34F4O. The van der Waals surface area contributed by atoms with E-state index in [1.54, 1.807) is 36.4 Å². The molecule has 0 radical (unpaired) electrons. The van der Waals surface area contributed by atoms with E-state index >= 15 is 8.78 Å². The summed E-state index contributed by atoms with van der Waals surface area (Å²) in [6.45, 7) is 2.17. The van der Waals surface area contributed by atoms with Crippen molar-refractivity contribution in [3.05, 3.63) is 89.2 Å². The zero-order chi connectivity index (χ0) is 24.1. The highest BCUT2D eigenvalue weighted by atomic mass is 19.3. The van der Waals surface area contributed by atoms with E-state index in [-0.39, 0.29) is 16.9 Å². The normalized spacial score (nSPS) is 18.1. The average Bonchev–Trinajstić information content (AvgIpc) is 2.85. The highest BCUT2D eigenvalue weighted by Gasteiger charge is 2.41. The highest BCUT2D eigenvalue weighted by molar-refractivity contribution is 5.64. The van der Waals surface area contributed by atoms with E-state index < -0.39 is 17.7 Å². The van der Waals surface area contributed by atoms with Crippen molar-refractivity contribution >= 4 is 0 Å². The molecular weight excluding hydrogens is 452 g/mol. The predicted octanol–water partition coefficient (Wildman–Crippen LogP) is 8.76. The fourth-order valence-corrected chi connectivity index (χ4v) is 5.17. The van der Waals surface area contributed by atoms with Gasteiger partial charge in [0.1, 0.15) is 0 Å². The van der Waals surface area contributed by atoms with Crippen LogP contribution in [0.25, 0.3) is 11.1 Å². The van der Waals surface area contributed by atoms with Crippen molar-refractivity contribution in [2.45, 2.75) is 63.7 Å². The molecule has 188 valence electrons. The van der Waals surface area contributed by atoms with Gasteiger partial charge in [-0.1, -0.05) is 67.9 Å². The molecule has 1 nitrogen and oxygen atoms in total. The molecule has 0 spiro atoms. The fraction of sp³-hybridized carbons (Fsp3) is 0.400. The standard InChI is InChI=1S/C30H33F3O.FH/c1-3-4-21-5-9-23(10-6-21)24-13-16-27(17-14-24)30(32,33)20-22-7-11-25(12-8-22)26-15-18-29(34-2)28(31)19-26;/h5-12,15,18-19,24,27H,3-4,13-14,16-17,20H2,1-2H3;1H. The minimum absolute atomic E-state index is 0. The van der Waals surface area contributed by atoms with Gasteiger partial charge in [-0.15, -0.1) is 0 Å². The molecule has 0 heterocycles. The molecule has 0 N–H and O–H groups in total. The number of alkyl halides is 2. The lowest BCUT2D eigenvalue weighted by molar-refractivity contribution is -0.0715. The van der Waals surface area contributed by atoms with Crippen LogP contribution in [-0.4, -0.2) is 13.0 Å². The SMILES string of the molecule is CCCc1ccc(C2CCC(C(F)(F)Cc3ccc(-c4ccc(OC)c(F)c4)cc3)CC2)cc1.F. The van der Waals surface area contributed by atoms with E-state index in [4.69, 9.17) is 4.74 Å². The van der Waals surface area contributed by atoms with Gasteiger partial charge in [0.15, 0.2) is 11.6 Å². The number of halogens is 4. The van der Waals surface area contributed by atoms with Gasteiger partial charge in [-0.05, 0) is 78.0 Å². The fourth-order valence-electron chi connectivity index (χ4n) is 5.17. The summed E-state index contributed by atoms with van der Waals surface area (Å²) >= 11 is 0. The van der Waals surface area contributed by atoms with Crippen LogP contribution >= 0.6 is 0 Å². The second-order valence-electron chi connectivity index (χ2n) is 9.52. The minimum atomic E-state index is -2.73. The van der Waals surface area contributed by atoms with Crippen LogP contribution in [0.1, 0.15) is 61.6 Å². The number of hydrogen-bond donors (Lipinski definition) is 0. The van der Waals surface area contributed by atoms with Gasteiger partial charge in [-0.2, -0.15) is 0 Å². The zero-order valence-corrected chi connectivity index (χ0v) is 20.4. The first-order valence-electron chi connectivity index (χ1n) is 12.3. The van der Waals surface area contributed by atoms with Gasteiger partial charge in [0.2, 0.25) is 0 Å². The maximum atomic E-state index is 15.2. The molecule has 3 aromatic carbocycles. The Kier molecular flexibility index (Phi) is 8.98. The van der Waals surface area contributed by atoms with Crippen molar-refractivity contribution in [3.63, 3.8) is 0 Å². The summed E-state index contributed by atoms with van der Waals surface area (Å²) in [4.78, 5) is 0. The van der Waals surface area contributed by atoms with Gasteiger partial charge in [0.25, 0.3) is 5.92 Å². The van der Waals surface area contributed by atoms with Crippen LogP contribution in [0.2, 0.25) is 0 Å². The predicted molar refractivity (Wildman–Crippen MR) is 135 cm³/mol. The summed E-state index contributed by atoms with van der Waals surface area (Å²) in [6, 6.07) is 20.5. The Balaban J connectivity index is 0.00000342. The van der Waals surface area contributed by atoms with Gasteiger partial charge in [0, 0.05) is 12.3 Å². The summed E-state index contributed by atoms with van der Waals surface area (Å²) in [7, 11) is 1.42. The molecule has 0 aliphatic heterocycles. The molecule has 0 aromatic heterocycles. The average molecular weight is 487 g/mol. The Morgan fingerprint density at radius 2 is 1.43 bits per heavy atom. The van der Waals surface area contributed by atoms with E-state index in [0.717, 1.165) is 31.2 Å². The summed E-state index contributed by atoms with van der Waals surface area (Å²) in [5, 5.41) is 0. The van der Waals surface area contributed by atoms with Crippen molar-refractivity contribution in [2.24, 2.45) is 5.92 Å². The maximum absolute atomic E-state index is 15.2. The number of benzene rings is 3. The molecule has 1 aliphatic carbocycles. The lowest BCUT2D eigenvalue weighted by Gasteiger charge is -2.34. The smallest absolute Gasteiger partial charge is 0.254 e. The van der Waals surface area contributed by atoms with Crippen molar-refractivity contribution in [1.82, 2.24) is 0 Å². The molecule has 5 heteroatoms. The van der Waals surface area contributed by atoms with Crippen LogP contribution < -0.4 is 4.74 Å². The quantitative estimate of drug-likeness (QED) is 0.289. The van der Waals surface area contributed by atoms with Crippen LogP contribution in [0.4, 0.5) is 17.9 Å². The summed E-state index contributed by atoms with van der Waals surface area (Å²) in [5.41, 5.74) is 4.72. The van der Waals surface area contributed by atoms with E-state index in [9.17, 15) is 4.39 Å². The van der Waals surface area contributed by atoms with E-state index in [1.165, 1.54) is 24.3 Å². The zero-order valence-electron chi connectivity index (χ0n) is 20.4. The number of rotatable bonds is 8. The molecule has 1 aliphatic rings. The van der Waals surface area contributed by atoms with Crippen LogP contribution in [0.5, 0.6) is 5.75 Å². The van der Waals surface area contributed by atoms with Gasteiger partial charge in [0.05, 0.1) is 7.11 Å². The Labute approximate surface area is 205 Å². The Morgan fingerprint density at radius 3 is 2.00 bits per heavy atom. The Bertz CT molecular complexity index is 1070. The lowest BCUT2D eigenvalue weighted by atomic mass is 9.75. The molecule has 35 heavy (non-hydrogen) atoms. The maximum Gasteiger partial charge on any atom is 0.254 e. The van der Waals surface area contributed by atoms with Crippen molar-refractivity contribution in [1.29, 1.82) is 0 Å². The van der Waals surface area contributed by atoms with E-state index in [2.05, 4.69) is 31.2 Å². The third-order valence-corrected chi connectivity index (χ3v) is 7.19. The first kappa shape index (κ1) is 26.8. The molecule has 4 rings (SSSR count). The number of aryl methyl sites for hydroxylation is 1. The molecule has 0 atom stereocenters. The number of ether oxygens (including phenoxy) is 1. The first-order chi connectivity index (χ1) is 16.4. The third-order valence-electron chi connectivity index (χ3n) is 7.19. The van der Waals surface area contributed by atoms with Crippen LogP contribution in [0, 0.1) is 11.7 Å². The summed E-state index contributed by atoms with van der Waals surface area (Å²) in [5.74, 6) is -3.19. The summed E-state index contributed by atoms with van der Waals surface area (Å²) < 4.78 is 49.3.